The van der Waals surface area contributed by atoms with Gasteiger partial charge in [-0.2, -0.15) is 38.0 Å². The third-order valence-corrected chi connectivity index (χ3v) is 32.7. The van der Waals surface area contributed by atoms with E-state index in [4.69, 9.17) is 21.4 Å². The Morgan fingerprint density at radius 1 is 0.425 bits per heavy atom. The van der Waals surface area contributed by atoms with E-state index in [1.54, 1.807) is 80.2 Å². The molecule has 1 atom stereocenters. The molecule has 12 aromatic rings. The van der Waals surface area contributed by atoms with Crippen LogP contribution in [-0.4, -0.2) is 180 Å². The lowest BCUT2D eigenvalue weighted by atomic mass is 9.78. The van der Waals surface area contributed by atoms with Gasteiger partial charge in [0, 0.05) is 156 Å². The van der Waals surface area contributed by atoms with Gasteiger partial charge in [-0.3, -0.25) is 57.8 Å². The third-order valence-electron chi connectivity index (χ3n) is 23.9. The number of pyridine rings is 4. The van der Waals surface area contributed by atoms with E-state index in [9.17, 15) is 83.6 Å². The van der Waals surface area contributed by atoms with Gasteiger partial charge in [-0.05, 0) is 183 Å². The highest BCUT2D eigenvalue weighted by Crippen LogP contribution is 2.47. The smallest absolute Gasteiger partial charge is 0.394 e. The summed E-state index contributed by atoms with van der Waals surface area (Å²) >= 11 is 6.43. The summed E-state index contributed by atoms with van der Waals surface area (Å²) in [7, 11) is -12.2. The van der Waals surface area contributed by atoms with Gasteiger partial charge in [-0.25, -0.2) is 46.8 Å². The van der Waals surface area contributed by atoms with Crippen molar-refractivity contribution in [1.82, 2.24) is 59.1 Å². The average Bonchev–Trinajstić information content (AvgIpc) is 1.69. The van der Waals surface area contributed by atoms with Crippen LogP contribution in [0.4, 0.5) is 30.7 Å². The maximum Gasteiger partial charge on any atom is 0.394 e. The summed E-state index contributed by atoms with van der Waals surface area (Å²) in [6.07, 6.45) is 1.24. The zero-order chi connectivity index (χ0) is 97.6. The number of rotatable bonds is 27. The minimum atomic E-state index is -3.44. The number of aromatic nitrogens is 12. The van der Waals surface area contributed by atoms with Crippen LogP contribution in [0, 0.1) is 33.3 Å². The largest absolute Gasteiger partial charge is 0.461 e. The van der Waals surface area contributed by atoms with Crippen molar-refractivity contribution in [3.8, 4) is 62.3 Å². The summed E-state index contributed by atoms with van der Waals surface area (Å²) in [5.74, 6) is -0.853. The van der Waals surface area contributed by atoms with Crippen LogP contribution >= 0.6 is 11.6 Å². The van der Waals surface area contributed by atoms with E-state index in [0.717, 1.165) is 36.6 Å². The molecule has 0 amide bonds. The number of Topliss-reactive ketones (excluding diaryl/α,β-unsaturated/α-hetero) is 4. The van der Waals surface area contributed by atoms with Crippen LogP contribution in [0.5, 0.6) is 17.2 Å². The molecular formula is C95H104ClF7N12O15S4. The van der Waals surface area contributed by atoms with Gasteiger partial charge in [0.1, 0.15) is 83.6 Å². The van der Waals surface area contributed by atoms with E-state index in [-0.39, 0.29) is 148 Å². The first kappa shape index (κ1) is 99.0. The first-order valence-electron chi connectivity index (χ1n) is 43.8. The van der Waals surface area contributed by atoms with Gasteiger partial charge in [0.25, 0.3) is 0 Å². The number of carbonyl (C=O) groups excluding carboxylic acids is 4. The summed E-state index contributed by atoms with van der Waals surface area (Å²) in [6.45, 7) is 25.3. The molecule has 4 saturated heterocycles. The van der Waals surface area contributed by atoms with Crippen molar-refractivity contribution < 1.29 is 97.8 Å². The molecule has 17 rings (SSSR count). The van der Waals surface area contributed by atoms with E-state index in [1.807, 2.05) is 88.3 Å². The van der Waals surface area contributed by atoms with Crippen molar-refractivity contribution >= 4 is 118 Å². The summed E-state index contributed by atoms with van der Waals surface area (Å²) in [5.41, 5.74) is 8.06. The third kappa shape index (κ3) is 22.7. The molecule has 1 unspecified atom stereocenters. The number of sulfone groups is 4. The molecule has 0 N–H and O–H groups in total. The molecule has 8 aromatic heterocycles. The predicted octanol–water partition coefficient (Wildman–Crippen LogP) is 20.0. The lowest BCUT2D eigenvalue weighted by Crippen LogP contribution is -2.47. The number of carbonyl (C=O) groups is 4. The number of fused-ring (bicyclic) bond motifs is 4. The fraction of sp³-hybridized carbons (Fsp3) is 0.453. The second-order valence-electron chi connectivity index (χ2n) is 38.6. The Balaban J connectivity index is 0.000000143. The van der Waals surface area contributed by atoms with Crippen LogP contribution in [0.3, 0.4) is 0 Å². The Kier molecular flexibility index (Phi) is 27.3. The maximum atomic E-state index is 14.8. The van der Waals surface area contributed by atoms with Gasteiger partial charge < -0.3 is 14.2 Å². The SMILES string of the molecule is CC(C)n1nc(-c2cc(C3CC3)ccc2F)c2ncc(C(=O)CC3(C)CS(=O)(=O)C3)cc21.CC(C)n1nc(-c2cc(OC(C)(F)F)ccc2F)c2ncc(C(=O)CC3(C)CCS(=O)(=O)CC3)cc21.CC(C)n1nc(-c2cccc(OC(C)(F)F)c2)c2ncc(C(=O)CC3(C)CS(=O)(=O)C3)cc21.CC(F)Oc1ccc(Cl)c(-c2nn(C(C)C)c3cc(C(=O)CC4(C)CS(=O)(=O)C4)cnc23)c1. The second-order valence-corrected chi connectivity index (χ2v) is 47.5. The quantitative estimate of drug-likeness (QED) is 0.0341. The fourth-order valence-electron chi connectivity index (χ4n) is 17.7. The number of halogens is 8. The molecule has 27 nitrogen and oxygen atoms in total. The topological polar surface area (TPSA) is 355 Å². The van der Waals surface area contributed by atoms with E-state index < -0.39 is 85.4 Å². The molecule has 0 spiro atoms. The van der Waals surface area contributed by atoms with Gasteiger partial charge in [0.15, 0.2) is 52.6 Å². The molecule has 1 saturated carbocycles. The monoisotopic (exact) mass is 1950 g/mol. The molecule has 1 aliphatic carbocycles. The van der Waals surface area contributed by atoms with Crippen LogP contribution in [0.15, 0.2) is 128 Å². The highest BCUT2D eigenvalue weighted by atomic mass is 35.5. The van der Waals surface area contributed by atoms with Crippen molar-refractivity contribution in [2.24, 2.45) is 21.7 Å². The molecular weight excluding hydrogens is 1850 g/mol. The molecule has 5 aliphatic rings. The number of ketones is 4. The number of hydrogen-bond acceptors (Lipinski definition) is 23. The Morgan fingerprint density at radius 3 is 1.11 bits per heavy atom. The number of hydrogen-bond donors (Lipinski definition) is 0. The van der Waals surface area contributed by atoms with Crippen molar-refractivity contribution in [3.05, 3.63) is 172 Å². The zero-order valence-corrected chi connectivity index (χ0v) is 80.6. The van der Waals surface area contributed by atoms with Crippen molar-refractivity contribution in [3.63, 3.8) is 0 Å². The molecule has 134 heavy (non-hydrogen) atoms. The van der Waals surface area contributed by atoms with Gasteiger partial charge in [0.2, 0.25) is 6.36 Å². The molecule has 5 fully saturated rings. The van der Waals surface area contributed by atoms with Crippen LogP contribution in [-0.2, 0) is 39.3 Å². The van der Waals surface area contributed by atoms with E-state index in [0.29, 0.717) is 144 Å². The normalized spacial score (nSPS) is 17.9. The number of benzene rings is 4. The van der Waals surface area contributed by atoms with Crippen LogP contribution in [0.1, 0.15) is 232 Å². The molecule has 4 aromatic carbocycles. The number of ether oxygens (including phenoxy) is 3. The van der Waals surface area contributed by atoms with Gasteiger partial charge in [-0.1, -0.05) is 57.5 Å². The predicted molar refractivity (Wildman–Crippen MR) is 496 cm³/mol. The first-order chi connectivity index (χ1) is 62.3. The van der Waals surface area contributed by atoms with Crippen LogP contribution < -0.4 is 14.2 Å². The standard InChI is InChI=1S/C25H28F3N3O4S.C24H26FN3O3S.C23H25ClFN3O4S.C23H25F2N3O4S/c1-15(2)31-20-11-16(21(32)13-24(3)7-9-36(33,34)10-8-24)14-29-23(20)22(30-31)18-12-17(5-6-19(18)26)35-25(4,27)28;1-14(2)28-20-9-17(21(29)10-24(3)12-32(30,31)13-24)11-26-23(20)22(27-28)18-8-16(15-4-5-15)6-7-19(18)25;1-13(2)28-19-7-15(20(29)9-23(4)11-33(30,31)12-23)10-26-22(19)21(27-28)17-8-16(32-14(3)25)5-6-18(17)24;1-14(2)28-18-9-16(19(29)10-22(3)12-33(30,31)13-22)11-26-21(18)20(27-28)15-6-5-7-17(8-15)32-23(4,24)25/h5-6,11-12,14-15H,7-10,13H2,1-4H3;6-9,11,14-15H,4-5,10,12-13H2,1-3H3;5-8,10,13-14H,9,11-12H2,1-4H3;5-9,11,14H,10,12-13H2,1-4H3. The fourth-order valence-corrected chi connectivity index (χ4v) is 26.5. The Hall–Kier alpha value is -11.0. The minimum Gasteiger partial charge on any atom is -0.461 e. The highest BCUT2D eigenvalue weighted by Gasteiger charge is 2.49. The maximum absolute atomic E-state index is 14.8. The summed E-state index contributed by atoms with van der Waals surface area (Å²) in [6, 6.07) is 26.1. The minimum absolute atomic E-state index is 0.00254. The van der Waals surface area contributed by atoms with Gasteiger partial charge in [-0.15, -0.1) is 0 Å². The van der Waals surface area contributed by atoms with E-state index in [2.05, 4.69) is 44.7 Å². The molecule has 0 bridgehead atoms. The zero-order valence-electron chi connectivity index (χ0n) is 76.5. The van der Waals surface area contributed by atoms with Gasteiger partial charge in [0.05, 0.1) is 73.1 Å². The van der Waals surface area contributed by atoms with Crippen molar-refractivity contribution in [1.29, 1.82) is 0 Å². The van der Waals surface area contributed by atoms with E-state index in [1.165, 1.54) is 49.9 Å². The summed E-state index contributed by atoms with van der Waals surface area (Å²) in [4.78, 5) is 69.8. The lowest BCUT2D eigenvalue weighted by Gasteiger charge is -2.37. The van der Waals surface area contributed by atoms with Crippen LogP contribution in [0.25, 0.3) is 89.2 Å². The highest BCUT2D eigenvalue weighted by molar-refractivity contribution is 7.93. The Morgan fingerprint density at radius 2 is 0.754 bits per heavy atom. The average molecular weight is 1950 g/mol. The van der Waals surface area contributed by atoms with Crippen molar-refractivity contribution in [2.45, 2.75) is 204 Å². The molecule has 714 valence electrons. The van der Waals surface area contributed by atoms with Gasteiger partial charge >= 0.3 is 12.2 Å². The number of nitrogens with zero attached hydrogens (tertiary/aromatic N) is 12. The van der Waals surface area contributed by atoms with E-state index >= 15 is 0 Å². The number of alkyl halides is 5. The molecule has 12 heterocycles. The second kappa shape index (κ2) is 36.9. The first-order valence-corrected chi connectivity index (χ1v) is 51.4. The van der Waals surface area contributed by atoms with Crippen molar-refractivity contribution in [2.75, 3.05) is 46.0 Å². The molecule has 4 aliphatic heterocycles. The lowest BCUT2D eigenvalue weighted by molar-refractivity contribution is -0.159. The molecule has 0 radical (unpaired) electrons. The summed E-state index contributed by atoms with van der Waals surface area (Å²) in [5, 5.41) is 18.9. The summed E-state index contributed by atoms with van der Waals surface area (Å²) < 4.78 is 211. The Labute approximate surface area is 776 Å². The Bertz CT molecular complexity index is 7120. The molecule has 39 heteroatoms. The van der Waals surface area contributed by atoms with Crippen LogP contribution in [0.2, 0.25) is 5.02 Å².